The highest BCUT2D eigenvalue weighted by molar-refractivity contribution is 5.04. The minimum absolute atomic E-state index is 0.666. The number of methoxy groups -OCH3 is 1. The van der Waals surface area contributed by atoms with E-state index in [4.69, 9.17) is 13.9 Å². The summed E-state index contributed by atoms with van der Waals surface area (Å²) in [5.74, 6) is 1.94. The SMILES string of the molecule is COCCOCCCNCc1ccc(C)o1. The van der Waals surface area contributed by atoms with Crippen molar-refractivity contribution < 1.29 is 13.9 Å². The summed E-state index contributed by atoms with van der Waals surface area (Å²) >= 11 is 0. The molecule has 0 radical (unpaired) electrons. The summed E-state index contributed by atoms with van der Waals surface area (Å²) in [5.41, 5.74) is 0. The minimum atomic E-state index is 0.666. The molecule has 1 rings (SSSR count). The maximum absolute atomic E-state index is 5.43. The van der Waals surface area contributed by atoms with Crippen molar-refractivity contribution in [2.24, 2.45) is 0 Å². The van der Waals surface area contributed by atoms with E-state index in [9.17, 15) is 0 Å². The fourth-order valence-electron chi connectivity index (χ4n) is 1.34. The number of rotatable bonds is 9. The van der Waals surface area contributed by atoms with Gasteiger partial charge in [0.25, 0.3) is 0 Å². The first-order chi connectivity index (χ1) is 7.83. The van der Waals surface area contributed by atoms with Crippen LogP contribution in [-0.2, 0) is 16.0 Å². The molecule has 4 nitrogen and oxygen atoms in total. The highest BCUT2D eigenvalue weighted by Gasteiger charge is 1.97. The Kier molecular flexibility index (Phi) is 6.88. The number of ether oxygens (including phenoxy) is 2. The lowest BCUT2D eigenvalue weighted by molar-refractivity contribution is 0.0694. The second kappa shape index (κ2) is 8.33. The van der Waals surface area contributed by atoms with Gasteiger partial charge in [-0.25, -0.2) is 0 Å². The zero-order chi connectivity index (χ0) is 11.6. The van der Waals surface area contributed by atoms with Crippen molar-refractivity contribution in [3.05, 3.63) is 23.7 Å². The molecule has 1 aromatic heterocycles. The first kappa shape index (κ1) is 13.2. The standard InChI is InChI=1S/C12H21NO3/c1-11-4-5-12(16-11)10-13-6-3-7-15-9-8-14-2/h4-5,13H,3,6-10H2,1-2H3. The molecule has 0 saturated heterocycles. The van der Waals surface area contributed by atoms with Crippen LogP contribution in [0.2, 0.25) is 0 Å². The summed E-state index contributed by atoms with van der Waals surface area (Å²) in [4.78, 5) is 0. The third-order valence-electron chi connectivity index (χ3n) is 2.17. The van der Waals surface area contributed by atoms with Crippen molar-refractivity contribution in [1.29, 1.82) is 0 Å². The molecule has 0 bridgehead atoms. The Hall–Kier alpha value is -0.840. The van der Waals surface area contributed by atoms with Crippen molar-refractivity contribution in [2.75, 3.05) is 33.5 Å². The summed E-state index contributed by atoms with van der Waals surface area (Å²) in [7, 11) is 1.68. The van der Waals surface area contributed by atoms with Gasteiger partial charge in [-0.2, -0.15) is 0 Å². The molecule has 0 aliphatic heterocycles. The molecule has 0 fully saturated rings. The molecule has 4 heteroatoms. The van der Waals surface area contributed by atoms with E-state index in [-0.39, 0.29) is 0 Å². The smallest absolute Gasteiger partial charge is 0.117 e. The van der Waals surface area contributed by atoms with Crippen LogP contribution >= 0.6 is 0 Å². The number of aryl methyl sites for hydroxylation is 1. The van der Waals surface area contributed by atoms with E-state index in [0.717, 1.165) is 37.6 Å². The summed E-state index contributed by atoms with van der Waals surface area (Å²) in [6.45, 7) is 5.78. The molecule has 0 aliphatic rings. The van der Waals surface area contributed by atoms with Crippen LogP contribution in [0.3, 0.4) is 0 Å². The van der Waals surface area contributed by atoms with Crippen LogP contribution in [0.4, 0.5) is 0 Å². The Morgan fingerprint density at radius 3 is 2.81 bits per heavy atom. The van der Waals surface area contributed by atoms with Gasteiger partial charge in [0.05, 0.1) is 19.8 Å². The summed E-state index contributed by atoms with van der Waals surface area (Å²) in [6.07, 6.45) is 1.00. The van der Waals surface area contributed by atoms with Crippen LogP contribution in [0.1, 0.15) is 17.9 Å². The van der Waals surface area contributed by atoms with Gasteiger partial charge < -0.3 is 19.2 Å². The van der Waals surface area contributed by atoms with E-state index in [1.54, 1.807) is 7.11 Å². The molecule has 16 heavy (non-hydrogen) atoms. The van der Waals surface area contributed by atoms with Crippen LogP contribution in [0.5, 0.6) is 0 Å². The molecule has 0 saturated carbocycles. The summed E-state index contributed by atoms with van der Waals surface area (Å²) in [5, 5.41) is 3.30. The molecule has 0 spiro atoms. The van der Waals surface area contributed by atoms with E-state index in [1.807, 2.05) is 19.1 Å². The third-order valence-corrected chi connectivity index (χ3v) is 2.17. The predicted molar refractivity (Wildman–Crippen MR) is 62.5 cm³/mol. The van der Waals surface area contributed by atoms with Gasteiger partial charge in [0.1, 0.15) is 11.5 Å². The van der Waals surface area contributed by atoms with Gasteiger partial charge in [-0.15, -0.1) is 0 Å². The molecular formula is C12H21NO3. The number of hydrogen-bond acceptors (Lipinski definition) is 4. The molecule has 1 aromatic rings. The lowest BCUT2D eigenvalue weighted by Gasteiger charge is -2.04. The van der Waals surface area contributed by atoms with Gasteiger partial charge in [0.15, 0.2) is 0 Å². The van der Waals surface area contributed by atoms with Gasteiger partial charge >= 0.3 is 0 Å². The molecule has 0 atom stereocenters. The van der Waals surface area contributed by atoms with E-state index in [2.05, 4.69) is 5.32 Å². The van der Waals surface area contributed by atoms with Crippen LogP contribution < -0.4 is 5.32 Å². The van der Waals surface area contributed by atoms with E-state index in [0.29, 0.717) is 13.2 Å². The molecule has 0 aromatic carbocycles. The van der Waals surface area contributed by atoms with Crippen LogP contribution in [0, 0.1) is 6.92 Å². The molecule has 0 aliphatic carbocycles. The third kappa shape index (κ3) is 5.90. The summed E-state index contributed by atoms with van der Waals surface area (Å²) in [6, 6.07) is 3.97. The average molecular weight is 227 g/mol. The van der Waals surface area contributed by atoms with Gasteiger partial charge in [-0.1, -0.05) is 0 Å². The Balaban J connectivity index is 1.88. The van der Waals surface area contributed by atoms with E-state index < -0.39 is 0 Å². The molecule has 0 amide bonds. The van der Waals surface area contributed by atoms with Gasteiger partial charge in [0, 0.05) is 13.7 Å². The Morgan fingerprint density at radius 2 is 2.12 bits per heavy atom. The second-order valence-corrected chi connectivity index (χ2v) is 3.65. The Morgan fingerprint density at radius 1 is 1.25 bits per heavy atom. The monoisotopic (exact) mass is 227 g/mol. The van der Waals surface area contributed by atoms with Crippen molar-refractivity contribution in [3.63, 3.8) is 0 Å². The Bertz CT molecular complexity index is 273. The molecular weight excluding hydrogens is 206 g/mol. The van der Waals surface area contributed by atoms with Gasteiger partial charge in [-0.05, 0) is 32.0 Å². The maximum atomic E-state index is 5.43. The topological polar surface area (TPSA) is 43.6 Å². The quantitative estimate of drug-likeness (QED) is 0.652. The summed E-state index contributed by atoms with van der Waals surface area (Å²) < 4.78 is 15.7. The zero-order valence-electron chi connectivity index (χ0n) is 10.1. The molecule has 1 N–H and O–H groups in total. The first-order valence-corrected chi connectivity index (χ1v) is 5.65. The second-order valence-electron chi connectivity index (χ2n) is 3.65. The first-order valence-electron chi connectivity index (χ1n) is 5.65. The van der Waals surface area contributed by atoms with E-state index >= 15 is 0 Å². The maximum Gasteiger partial charge on any atom is 0.117 e. The molecule has 0 unspecified atom stereocenters. The lowest BCUT2D eigenvalue weighted by atomic mass is 10.4. The lowest BCUT2D eigenvalue weighted by Crippen LogP contribution is -2.16. The fraction of sp³-hybridized carbons (Fsp3) is 0.667. The predicted octanol–water partition coefficient (Wildman–Crippen LogP) is 1.73. The van der Waals surface area contributed by atoms with Gasteiger partial charge in [-0.3, -0.25) is 0 Å². The van der Waals surface area contributed by atoms with Crippen molar-refractivity contribution >= 4 is 0 Å². The molecule has 1 heterocycles. The molecule has 92 valence electrons. The van der Waals surface area contributed by atoms with Crippen LogP contribution in [0.25, 0.3) is 0 Å². The van der Waals surface area contributed by atoms with E-state index in [1.165, 1.54) is 0 Å². The van der Waals surface area contributed by atoms with Crippen molar-refractivity contribution in [1.82, 2.24) is 5.32 Å². The highest BCUT2D eigenvalue weighted by atomic mass is 16.5. The van der Waals surface area contributed by atoms with Crippen molar-refractivity contribution in [3.8, 4) is 0 Å². The van der Waals surface area contributed by atoms with Crippen LogP contribution in [-0.4, -0.2) is 33.5 Å². The fourth-order valence-corrected chi connectivity index (χ4v) is 1.34. The van der Waals surface area contributed by atoms with Gasteiger partial charge in [0.2, 0.25) is 0 Å². The minimum Gasteiger partial charge on any atom is -0.465 e. The number of nitrogens with one attached hydrogen (secondary N) is 1. The Labute approximate surface area is 96.9 Å². The average Bonchev–Trinajstić information content (AvgIpc) is 2.68. The normalized spacial score (nSPS) is 10.9. The number of furan rings is 1. The number of hydrogen-bond donors (Lipinski definition) is 1. The van der Waals surface area contributed by atoms with Crippen molar-refractivity contribution in [2.45, 2.75) is 19.9 Å². The largest absolute Gasteiger partial charge is 0.465 e. The van der Waals surface area contributed by atoms with Crippen LogP contribution in [0.15, 0.2) is 16.5 Å². The zero-order valence-corrected chi connectivity index (χ0v) is 10.1. The highest BCUT2D eigenvalue weighted by Crippen LogP contribution is 2.05.